The van der Waals surface area contributed by atoms with E-state index in [4.69, 9.17) is 5.11 Å². The SMILES string of the molecule is CC(CO)C(C)NC(CC(F)(F)F)c1ccccc1. The van der Waals surface area contributed by atoms with Gasteiger partial charge >= 0.3 is 6.18 Å². The Morgan fingerprint density at radius 1 is 1.16 bits per heavy atom. The van der Waals surface area contributed by atoms with Gasteiger partial charge < -0.3 is 10.4 Å². The minimum absolute atomic E-state index is 0.0539. The highest BCUT2D eigenvalue weighted by Crippen LogP contribution is 2.30. The van der Waals surface area contributed by atoms with Gasteiger partial charge in [-0.1, -0.05) is 37.3 Å². The zero-order valence-electron chi connectivity index (χ0n) is 11.1. The minimum Gasteiger partial charge on any atom is -0.396 e. The zero-order chi connectivity index (χ0) is 14.5. The molecule has 2 nitrogen and oxygen atoms in total. The predicted octanol–water partition coefficient (Wildman–Crippen LogP) is 3.29. The average molecular weight is 275 g/mol. The van der Waals surface area contributed by atoms with Gasteiger partial charge in [-0.2, -0.15) is 13.2 Å². The number of hydrogen-bond donors (Lipinski definition) is 2. The second-order valence-corrected chi connectivity index (χ2v) is 4.90. The Morgan fingerprint density at radius 3 is 2.21 bits per heavy atom. The molecule has 1 aromatic rings. The van der Waals surface area contributed by atoms with Crippen molar-refractivity contribution in [1.82, 2.24) is 5.32 Å². The van der Waals surface area contributed by atoms with Crippen LogP contribution >= 0.6 is 0 Å². The van der Waals surface area contributed by atoms with E-state index in [2.05, 4.69) is 5.32 Å². The van der Waals surface area contributed by atoms with Crippen LogP contribution in [0.1, 0.15) is 31.9 Å². The van der Waals surface area contributed by atoms with E-state index in [-0.39, 0.29) is 18.6 Å². The molecule has 0 saturated carbocycles. The zero-order valence-corrected chi connectivity index (χ0v) is 11.1. The molecule has 0 bridgehead atoms. The molecular weight excluding hydrogens is 255 g/mol. The second-order valence-electron chi connectivity index (χ2n) is 4.90. The van der Waals surface area contributed by atoms with Gasteiger partial charge in [-0.25, -0.2) is 0 Å². The molecule has 0 fully saturated rings. The number of nitrogens with one attached hydrogen (secondary N) is 1. The van der Waals surface area contributed by atoms with Crippen LogP contribution < -0.4 is 5.32 Å². The average Bonchev–Trinajstić information content (AvgIpc) is 2.36. The van der Waals surface area contributed by atoms with Gasteiger partial charge in [-0.05, 0) is 18.4 Å². The number of halogens is 3. The third-order valence-electron chi connectivity index (χ3n) is 3.24. The van der Waals surface area contributed by atoms with Gasteiger partial charge in [0.1, 0.15) is 0 Å². The molecule has 0 aromatic heterocycles. The summed E-state index contributed by atoms with van der Waals surface area (Å²) < 4.78 is 37.9. The number of rotatable bonds is 6. The molecule has 1 rings (SSSR count). The Morgan fingerprint density at radius 2 is 1.74 bits per heavy atom. The first kappa shape index (κ1) is 16.0. The van der Waals surface area contributed by atoms with E-state index in [9.17, 15) is 13.2 Å². The predicted molar refractivity (Wildman–Crippen MR) is 68.7 cm³/mol. The molecule has 1 aromatic carbocycles. The molecule has 5 heteroatoms. The Balaban J connectivity index is 2.82. The Hall–Kier alpha value is -1.07. The third-order valence-corrected chi connectivity index (χ3v) is 3.24. The summed E-state index contributed by atoms with van der Waals surface area (Å²) in [6.07, 6.45) is -5.14. The fraction of sp³-hybridized carbons (Fsp3) is 0.571. The van der Waals surface area contributed by atoms with Crippen molar-refractivity contribution in [1.29, 1.82) is 0 Å². The lowest BCUT2D eigenvalue weighted by atomic mass is 9.99. The molecule has 0 heterocycles. The van der Waals surface area contributed by atoms with Gasteiger partial charge in [-0.15, -0.1) is 0 Å². The van der Waals surface area contributed by atoms with Crippen molar-refractivity contribution in [3.63, 3.8) is 0 Å². The summed E-state index contributed by atoms with van der Waals surface area (Å²) >= 11 is 0. The molecule has 108 valence electrons. The number of aliphatic hydroxyl groups is 1. The third kappa shape index (κ3) is 5.61. The molecular formula is C14H20F3NO. The Labute approximate surface area is 111 Å². The van der Waals surface area contributed by atoms with Gasteiger partial charge in [0, 0.05) is 18.7 Å². The molecule has 0 aliphatic rings. The highest BCUT2D eigenvalue weighted by atomic mass is 19.4. The molecule has 19 heavy (non-hydrogen) atoms. The first-order valence-electron chi connectivity index (χ1n) is 6.32. The van der Waals surface area contributed by atoms with Crippen LogP contribution in [0.3, 0.4) is 0 Å². The Kier molecular flexibility index (Phi) is 5.82. The summed E-state index contributed by atoms with van der Waals surface area (Å²) in [4.78, 5) is 0. The van der Waals surface area contributed by atoms with Gasteiger partial charge in [-0.3, -0.25) is 0 Å². The van der Waals surface area contributed by atoms with Crippen molar-refractivity contribution in [2.75, 3.05) is 6.61 Å². The van der Waals surface area contributed by atoms with Crippen LogP contribution in [0.15, 0.2) is 30.3 Å². The molecule has 3 atom stereocenters. The number of aliphatic hydroxyl groups excluding tert-OH is 1. The quantitative estimate of drug-likeness (QED) is 0.835. The van der Waals surface area contributed by atoms with Crippen LogP contribution in [-0.2, 0) is 0 Å². The molecule has 0 aliphatic carbocycles. The van der Waals surface area contributed by atoms with Gasteiger partial charge in [0.05, 0.1) is 6.42 Å². The van der Waals surface area contributed by atoms with Crippen LogP contribution in [-0.4, -0.2) is 23.9 Å². The minimum atomic E-state index is -4.23. The maximum atomic E-state index is 12.6. The van der Waals surface area contributed by atoms with E-state index in [1.165, 1.54) is 0 Å². The first-order valence-corrected chi connectivity index (χ1v) is 6.32. The summed E-state index contributed by atoms with van der Waals surface area (Å²) in [6.45, 7) is 3.53. The monoisotopic (exact) mass is 275 g/mol. The van der Waals surface area contributed by atoms with Crippen LogP contribution in [0.2, 0.25) is 0 Å². The fourth-order valence-corrected chi connectivity index (χ4v) is 1.83. The van der Waals surface area contributed by atoms with E-state index in [1.807, 2.05) is 0 Å². The van der Waals surface area contributed by atoms with Gasteiger partial charge in [0.15, 0.2) is 0 Å². The lowest BCUT2D eigenvalue weighted by Crippen LogP contribution is -2.38. The summed E-state index contributed by atoms with van der Waals surface area (Å²) in [7, 11) is 0. The van der Waals surface area contributed by atoms with E-state index in [0.29, 0.717) is 5.56 Å². The maximum Gasteiger partial charge on any atom is 0.390 e. The van der Waals surface area contributed by atoms with Crippen LogP contribution in [0.4, 0.5) is 13.2 Å². The van der Waals surface area contributed by atoms with E-state index in [1.54, 1.807) is 44.2 Å². The van der Waals surface area contributed by atoms with Crippen LogP contribution in [0.5, 0.6) is 0 Å². The van der Waals surface area contributed by atoms with Crippen molar-refractivity contribution in [3.05, 3.63) is 35.9 Å². The molecule has 0 radical (unpaired) electrons. The summed E-state index contributed by atoms with van der Waals surface area (Å²) in [6, 6.07) is 7.59. The summed E-state index contributed by atoms with van der Waals surface area (Å²) in [5.41, 5.74) is 0.608. The van der Waals surface area contributed by atoms with Gasteiger partial charge in [0.25, 0.3) is 0 Å². The lowest BCUT2D eigenvalue weighted by molar-refractivity contribution is -0.141. The molecule has 0 saturated heterocycles. The highest BCUT2D eigenvalue weighted by molar-refractivity contribution is 5.19. The number of hydrogen-bond acceptors (Lipinski definition) is 2. The fourth-order valence-electron chi connectivity index (χ4n) is 1.83. The molecule has 0 amide bonds. The van der Waals surface area contributed by atoms with E-state index < -0.39 is 18.6 Å². The number of benzene rings is 1. The van der Waals surface area contributed by atoms with Crippen molar-refractivity contribution >= 4 is 0 Å². The van der Waals surface area contributed by atoms with Gasteiger partial charge in [0.2, 0.25) is 0 Å². The molecule has 0 spiro atoms. The topological polar surface area (TPSA) is 32.3 Å². The smallest absolute Gasteiger partial charge is 0.390 e. The van der Waals surface area contributed by atoms with Crippen molar-refractivity contribution in [2.45, 2.75) is 38.5 Å². The van der Waals surface area contributed by atoms with Crippen molar-refractivity contribution in [2.24, 2.45) is 5.92 Å². The van der Waals surface area contributed by atoms with E-state index in [0.717, 1.165) is 0 Å². The van der Waals surface area contributed by atoms with Crippen molar-refractivity contribution < 1.29 is 18.3 Å². The van der Waals surface area contributed by atoms with Crippen molar-refractivity contribution in [3.8, 4) is 0 Å². The molecule has 0 aliphatic heterocycles. The normalized spacial score (nSPS) is 16.9. The standard InChI is InChI=1S/C14H20F3NO/c1-10(9-19)11(2)18-13(8-14(15,16)17)12-6-4-3-5-7-12/h3-7,10-11,13,18-19H,8-9H2,1-2H3. The molecule has 2 N–H and O–H groups in total. The van der Waals surface area contributed by atoms with Crippen LogP contribution in [0.25, 0.3) is 0 Å². The first-order chi connectivity index (χ1) is 8.83. The van der Waals surface area contributed by atoms with E-state index >= 15 is 0 Å². The summed E-state index contributed by atoms with van der Waals surface area (Å²) in [5.74, 6) is -0.0977. The highest BCUT2D eigenvalue weighted by Gasteiger charge is 2.33. The second kappa shape index (κ2) is 6.91. The number of alkyl halides is 3. The molecule has 3 unspecified atom stereocenters. The largest absolute Gasteiger partial charge is 0.396 e. The maximum absolute atomic E-state index is 12.6. The summed E-state index contributed by atoms with van der Waals surface area (Å²) in [5, 5.41) is 12.0. The van der Waals surface area contributed by atoms with Crippen LogP contribution in [0, 0.1) is 5.92 Å². The Bertz CT molecular complexity index is 367. The lowest BCUT2D eigenvalue weighted by Gasteiger charge is -2.27.